The number of pyridine rings is 1. The van der Waals surface area contributed by atoms with Crippen molar-refractivity contribution < 1.29 is 0 Å². The van der Waals surface area contributed by atoms with Crippen LogP contribution in [0, 0.1) is 11.8 Å². The normalized spacial score (nSPS) is 10.1. The van der Waals surface area contributed by atoms with Gasteiger partial charge in [0.15, 0.2) is 0 Å². The fourth-order valence-electron chi connectivity index (χ4n) is 1.51. The highest BCUT2D eigenvalue weighted by atomic mass is 79.9. The molecule has 0 spiro atoms. The van der Waals surface area contributed by atoms with Crippen molar-refractivity contribution >= 4 is 38.7 Å². The van der Waals surface area contributed by atoms with Gasteiger partial charge in [-0.1, -0.05) is 11.8 Å². The van der Waals surface area contributed by atoms with E-state index in [1.165, 1.54) is 11.7 Å². The van der Waals surface area contributed by atoms with Crippen LogP contribution in [0.15, 0.2) is 41.1 Å². The first-order chi connectivity index (χ1) is 8.84. The molecule has 86 valence electrons. The van der Waals surface area contributed by atoms with Crippen LogP contribution in [0.1, 0.15) is 11.1 Å². The average molecular weight is 316 g/mol. The van der Waals surface area contributed by atoms with E-state index in [-0.39, 0.29) is 0 Å². The Kier molecular flexibility index (Phi) is 3.05. The fraction of sp³-hybridized carbons (Fsp3) is 0. The number of aromatic nitrogens is 3. The Balaban J connectivity index is 2.09. The lowest BCUT2D eigenvalue weighted by atomic mass is 10.1. The highest BCUT2D eigenvalue weighted by molar-refractivity contribution is 9.10. The molecule has 0 saturated heterocycles. The van der Waals surface area contributed by atoms with Crippen LogP contribution in [0.4, 0.5) is 0 Å². The summed E-state index contributed by atoms with van der Waals surface area (Å²) in [5, 5.41) is 0. The van der Waals surface area contributed by atoms with Gasteiger partial charge in [-0.2, -0.15) is 8.75 Å². The topological polar surface area (TPSA) is 38.7 Å². The molecule has 0 aliphatic rings. The van der Waals surface area contributed by atoms with Crippen molar-refractivity contribution in [2.75, 3.05) is 0 Å². The summed E-state index contributed by atoms with van der Waals surface area (Å²) in [4.78, 5) is 3.96. The van der Waals surface area contributed by atoms with Crippen LogP contribution in [0.5, 0.6) is 0 Å². The molecular weight excluding hydrogens is 310 g/mol. The minimum Gasteiger partial charge on any atom is -0.265 e. The van der Waals surface area contributed by atoms with E-state index in [0.29, 0.717) is 0 Å². The molecule has 0 atom stereocenters. The van der Waals surface area contributed by atoms with Gasteiger partial charge in [-0.25, -0.2) is 0 Å². The number of rotatable bonds is 0. The molecule has 0 aliphatic heterocycles. The Hall–Kier alpha value is -1.77. The van der Waals surface area contributed by atoms with Gasteiger partial charge in [0.25, 0.3) is 0 Å². The van der Waals surface area contributed by atoms with Crippen LogP contribution in [0.25, 0.3) is 11.0 Å². The third kappa shape index (κ3) is 2.13. The summed E-state index contributed by atoms with van der Waals surface area (Å²) in [5.41, 5.74) is 3.53. The molecule has 0 saturated carbocycles. The maximum atomic E-state index is 4.28. The second-order valence-corrected chi connectivity index (χ2v) is 4.93. The van der Waals surface area contributed by atoms with Crippen LogP contribution in [-0.4, -0.2) is 13.7 Å². The summed E-state index contributed by atoms with van der Waals surface area (Å²) in [5.74, 6) is 6.22. The van der Waals surface area contributed by atoms with Crippen molar-refractivity contribution in [2.24, 2.45) is 0 Å². The van der Waals surface area contributed by atoms with Crippen molar-refractivity contribution in [1.29, 1.82) is 0 Å². The number of hydrogen-bond donors (Lipinski definition) is 0. The first-order valence-corrected chi connectivity index (χ1v) is 6.70. The number of nitrogens with zero attached hydrogens (tertiary/aromatic N) is 3. The van der Waals surface area contributed by atoms with Crippen LogP contribution in [0.2, 0.25) is 0 Å². The summed E-state index contributed by atoms with van der Waals surface area (Å²) in [7, 11) is 0. The van der Waals surface area contributed by atoms with Crippen LogP contribution in [-0.2, 0) is 0 Å². The number of benzene rings is 1. The van der Waals surface area contributed by atoms with Gasteiger partial charge in [0.05, 0.1) is 17.3 Å². The maximum Gasteiger partial charge on any atom is 0.121 e. The first-order valence-electron chi connectivity index (χ1n) is 5.17. The van der Waals surface area contributed by atoms with Crippen molar-refractivity contribution in [3.05, 3.63) is 52.3 Å². The Labute approximate surface area is 116 Å². The number of fused-ring (bicyclic) bond motifs is 1. The van der Waals surface area contributed by atoms with E-state index in [4.69, 9.17) is 0 Å². The quantitative estimate of drug-likeness (QED) is 0.598. The van der Waals surface area contributed by atoms with Crippen LogP contribution in [0.3, 0.4) is 0 Å². The zero-order valence-corrected chi connectivity index (χ0v) is 11.5. The smallest absolute Gasteiger partial charge is 0.121 e. The molecule has 5 heteroatoms. The molecule has 3 nitrogen and oxygen atoms in total. The van der Waals surface area contributed by atoms with Gasteiger partial charge in [0.1, 0.15) is 11.0 Å². The SMILES string of the molecule is Brc1ccc(C#Cc2ccncc2)c2nsnc12. The highest BCUT2D eigenvalue weighted by Crippen LogP contribution is 2.24. The van der Waals surface area contributed by atoms with Crippen molar-refractivity contribution in [3.8, 4) is 11.8 Å². The molecule has 0 amide bonds. The summed E-state index contributed by atoms with van der Waals surface area (Å²) in [6.45, 7) is 0. The molecule has 3 rings (SSSR count). The Morgan fingerprint density at radius 3 is 2.56 bits per heavy atom. The molecule has 0 unspecified atom stereocenters. The van der Waals surface area contributed by atoms with Gasteiger partial charge in [-0.3, -0.25) is 4.98 Å². The van der Waals surface area contributed by atoms with Gasteiger partial charge in [0.2, 0.25) is 0 Å². The van der Waals surface area contributed by atoms with E-state index in [9.17, 15) is 0 Å². The first kappa shape index (κ1) is 11.3. The minimum absolute atomic E-state index is 0.843. The summed E-state index contributed by atoms with van der Waals surface area (Å²) >= 11 is 4.65. The van der Waals surface area contributed by atoms with Gasteiger partial charge < -0.3 is 0 Å². The zero-order chi connectivity index (χ0) is 12.4. The van der Waals surface area contributed by atoms with E-state index in [1.54, 1.807) is 12.4 Å². The van der Waals surface area contributed by atoms with Gasteiger partial charge in [0, 0.05) is 22.4 Å². The van der Waals surface area contributed by atoms with Crippen molar-refractivity contribution in [3.63, 3.8) is 0 Å². The predicted octanol–water partition coefficient (Wildman–Crippen LogP) is 3.25. The van der Waals surface area contributed by atoms with E-state index in [2.05, 4.69) is 41.5 Å². The molecule has 0 fully saturated rings. The van der Waals surface area contributed by atoms with E-state index in [0.717, 1.165) is 26.6 Å². The molecule has 3 aromatic rings. The van der Waals surface area contributed by atoms with Crippen LogP contribution >= 0.6 is 27.7 Å². The van der Waals surface area contributed by atoms with Crippen molar-refractivity contribution in [1.82, 2.24) is 13.7 Å². The number of hydrogen-bond acceptors (Lipinski definition) is 4. The standard InChI is InChI=1S/C13H6BrN3S/c14-11-4-3-10(12-13(11)17-18-16-12)2-1-9-5-7-15-8-6-9/h3-8H. The van der Waals surface area contributed by atoms with E-state index < -0.39 is 0 Å². The van der Waals surface area contributed by atoms with E-state index in [1.807, 2.05) is 24.3 Å². The van der Waals surface area contributed by atoms with Gasteiger partial charge >= 0.3 is 0 Å². The summed E-state index contributed by atoms with van der Waals surface area (Å²) in [6, 6.07) is 7.65. The largest absolute Gasteiger partial charge is 0.265 e. The minimum atomic E-state index is 0.843. The molecule has 18 heavy (non-hydrogen) atoms. The molecular formula is C13H6BrN3S. The summed E-state index contributed by atoms with van der Waals surface area (Å²) in [6.07, 6.45) is 3.46. The second-order valence-electron chi connectivity index (χ2n) is 3.54. The van der Waals surface area contributed by atoms with Crippen molar-refractivity contribution in [2.45, 2.75) is 0 Å². The molecule has 2 aromatic heterocycles. The second kappa shape index (κ2) is 4.84. The zero-order valence-electron chi connectivity index (χ0n) is 9.09. The molecule has 2 heterocycles. The molecule has 0 N–H and O–H groups in total. The molecule has 1 aromatic carbocycles. The third-order valence-electron chi connectivity index (χ3n) is 2.39. The highest BCUT2D eigenvalue weighted by Gasteiger charge is 2.06. The molecule has 0 aliphatic carbocycles. The van der Waals surface area contributed by atoms with Gasteiger partial charge in [-0.15, -0.1) is 0 Å². The maximum absolute atomic E-state index is 4.28. The lowest BCUT2D eigenvalue weighted by Gasteiger charge is -1.94. The van der Waals surface area contributed by atoms with Gasteiger partial charge in [-0.05, 0) is 40.2 Å². The third-order valence-corrected chi connectivity index (χ3v) is 3.56. The lowest BCUT2D eigenvalue weighted by Crippen LogP contribution is -1.81. The predicted molar refractivity (Wildman–Crippen MR) is 75.3 cm³/mol. The Morgan fingerprint density at radius 1 is 0.944 bits per heavy atom. The Bertz CT molecular complexity index is 756. The molecule has 0 bridgehead atoms. The monoisotopic (exact) mass is 315 g/mol. The Morgan fingerprint density at radius 2 is 1.72 bits per heavy atom. The van der Waals surface area contributed by atoms with Crippen LogP contribution < -0.4 is 0 Å². The average Bonchev–Trinajstić information content (AvgIpc) is 2.90. The number of halogens is 1. The fourth-order valence-corrected chi connectivity index (χ4v) is 2.61. The lowest BCUT2D eigenvalue weighted by molar-refractivity contribution is 1.32. The summed E-state index contributed by atoms with van der Waals surface area (Å²) < 4.78 is 9.46. The molecule has 0 radical (unpaired) electrons. The van der Waals surface area contributed by atoms with E-state index >= 15 is 0 Å².